The lowest BCUT2D eigenvalue weighted by Gasteiger charge is -2.11. The predicted molar refractivity (Wildman–Crippen MR) is 97.5 cm³/mol. The van der Waals surface area contributed by atoms with Crippen LogP contribution in [0.2, 0.25) is 0 Å². The summed E-state index contributed by atoms with van der Waals surface area (Å²) in [4.78, 5) is 29.8. The molecule has 26 heavy (non-hydrogen) atoms. The molecule has 0 saturated carbocycles. The van der Waals surface area contributed by atoms with Crippen molar-refractivity contribution < 1.29 is 18.0 Å². The first-order valence-corrected chi connectivity index (χ1v) is 9.44. The Bertz CT molecular complexity index is 1010. The standard InChI is InChI=1S/C18H17N3O4S/c1-12(22)21-16-5-3-2-4-15(16)17(18(21)23)20-11-10-13-6-8-14(9-7-13)26(19,24)25/h2-9H,10-11H2,1H3,(H2,19,24,25). The minimum absolute atomic E-state index is 0.0459. The molecule has 2 N–H and O–H groups in total. The van der Waals surface area contributed by atoms with E-state index in [4.69, 9.17) is 5.14 Å². The van der Waals surface area contributed by atoms with Crippen molar-refractivity contribution in [2.24, 2.45) is 10.1 Å². The number of nitrogens with two attached hydrogens (primary N) is 1. The van der Waals surface area contributed by atoms with Crippen LogP contribution in [0.1, 0.15) is 18.1 Å². The Morgan fingerprint density at radius 2 is 1.77 bits per heavy atom. The lowest BCUT2D eigenvalue weighted by atomic mass is 10.1. The smallest absolute Gasteiger partial charge is 0.279 e. The maximum atomic E-state index is 12.5. The molecule has 0 aliphatic carbocycles. The van der Waals surface area contributed by atoms with Crippen LogP contribution >= 0.6 is 0 Å². The van der Waals surface area contributed by atoms with E-state index in [2.05, 4.69) is 4.99 Å². The molecule has 134 valence electrons. The van der Waals surface area contributed by atoms with Gasteiger partial charge in [0.1, 0.15) is 5.71 Å². The number of carbonyl (C=O) groups excluding carboxylic acids is 2. The van der Waals surface area contributed by atoms with Crippen LogP contribution in [0.5, 0.6) is 0 Å². The van der Waals surface area contributed by atoms with Crippen molar-refractivity contribution in [2.45, 2.75) is 18.2 Å². The van der Waals surface area contributed by atoms with Gasteiger partial charge in [0.15, 0.2) is 0 Å². The first-order valence-electron chi connectivity index (χ1n) is 7.89. The molecule has 2 aromatic carbocycles. The largest absolute Gasteiger partial charge is 0.283 e. The van der Waals surface area contributed by atoms with E-state index in [1.807, 2.05) is 0 Å². The summed E-state index contributed by atoms with van der Waals surface area (Å²) in [6.45, 7) is 1.67. The number of hydrogen-bond donors (Lipinski definition) is 1. The predicted octanol–water partition coefficient (Wildman–Crippen LogP) is 1.26. The van der Waals surface area contributed by atoms with Crippen molar-refractivity contribution in [1.29, 1.82) is 0 Å². The lowest BCUT2D eigenvalue weighted by molar-refractivity contribution is -0.121. The van der Waals surface area contributed by atoms with Crippen molar-refractivity contribution in [1.82, 2.24) is 0 Å². The van der Waals surface area contributed by atoms with Gasteiger partial charge >= 0.3 is 0 Å². The summed E-state index contributed by atoms with van der Waals surface area (Å²) in [7, 11) is -3.72. The molecule has 8 heteroatoms. The number of rotatable bonds is 4. The van der Waals surface area contributed by atoms with E-state index in [1.54, 1.807) is 36.4 Å². The third-order valence-electron chi connectivity index (χ3n) is 4.04. The van der Waals surface area contributed by atoms with E-state index >= 15 is 0 Å². The normalized spacial score (nSPS) is 15.4. The van der Waals surface area contributed by atoms with Crippen molar-refractivity contribution in [2.75, 3.05) is 11.4 Å². The van der Waals surface area contributed by atoms with Gasteiger partial charge in [0.25, 0.3) is 5.91 Å². The second-order valence-electron chi connectivity index (χ2n) is 5.85. The minimum Gasteiger partial charge on any atom is -0.279 e. The zero-order chi connectivity index (χ0) is 18.9. The lowest BCUT2D eigenvalue weighted by Crippen LogP contribution is -2.34. The SMILES string of the molecule is CC(=O)N1C(=O)C(=NCCc2ccc(S(N)(=O)=O)cc2)c2ccccc21. The molecule has 2 aromatic rings. The van der Waals surface area contributed by atoms with Crippen molar-refractivity contribution >= 4 is 33.2 Å². The Kier molecular flexibility index (Phi) is 4.71. The van der Waals surface area contributed by atoms with Gasteiger partial charge in [-0.1, -0.05) is 30.3 Å². The number of para-hydroxylation sites is 1. The number of benzene rings is 2. The fourth-order valence-electron chi connectivity index (χ4n) is 2.81. The molecule has 0 spiro atoms. The number of anilines is 1. The Labute approximate surface area is 151 Å². The molecule has 7 nitrogen and oxygen atoms in total. The molecule has 1 aliphatic rings. The molecule has 0 unspecified atom stereocenters. The number of carbonyl (C=O) groups is 2. The highest BCUT2D eigenvalue weighted by atomic mass is 32.2. The highest BCUT2D eigenvalue weighted by Gasteiger charge is 2.35. The molecule has 0 fully saturated rings. The molecule has 1 heterocycles. The first-order chi connectivity index (χ1) is 12.3. The second-order valence-corrected chi connectivity index (χ2v) is 7.41. The van der Waals surface area contributed by atoms with Crippen LogP contribution < -0.4 is 10.0 Å². The summed E-state index contributed by atoms with van der Waals surface area (Å²) in [5.41, 5.74) is 2.30. The molecule has 1 aliphatic heterocycles. The third kappa shape index (κ3) is 3.42. The van der Waals surface area contributed by atoms with Gasteiger partial charge in [-0.2, -0.15) is 0 Å². The van der Waals surface area contributed by atoms with Crippen molar-refractivity contribution in [3.63, 3.8) is 0 Å². The monoisotopic (exact) mass is 371 g/mol. The Hall–Kier alpha value is -2.84. The quantitative estimate of drug-likeness (QED) is 0.872. The van der Waals surface area contributed by atoms with E-state index in [9.17, 15) is 18.0 Å². The third-order valence-corrected chi connectivity index (χ3v) is 4.97. The summed E-state index contributed by atoms with van der Waals surface area (Å²) < 4.78 is 22.5. The van der Waals surface area contributed by atoms with Gasteiger partial charge in [0.2, 0.25) is 15.9 Å². The Morgan fingerprint density at radius 3 is 2.38 bits per heavy atom. The minimum atomic E-state index is -3.72. The molecule has 0 radical (unpaired) electrons. The van der Waals surface area contributed by atoms with Crippen LogP contribution in [0, 0.1) is 0 Å². The van der Waals surface area contributed by atoms with Crippen LogP contribution in [0.25, 0.3) is 0 Å². The molecule has 0 bridgehead atoms. The molecule has 0 saturated heterocycles. The zero-order valence-corrected chi connectivity index (χ0v) is 14.9. The molecular formula is C18H17N3O4S. The average Bonchev–Trinajstić information content (AvgIpc) is 2.87. The average molecular weight is 371 g/mol. The molecular weight excluding hydrogens is 354 g/mol. The Morgan fingerprint density at radius 1 is 1.12 bits per heavy atom. The second kappa shape index (κ2) is 6.81. The number of hydrogen-bond acceptors (Lipinski definition) is 5. The maximum Gasteiger partial charge on any atom is 0.283 e. The molecule has 3 rings (SSSR count). The van der Waals surface area contributed by atoms with E-state index in [0.717, 1.165) is 10.5 Å². The molecule has 0 atom stereocenters. The topological polar surface area (TPSA) is 110 Å². The van der Waals surface area contributed by atoms with Gasteiger partial charge in [-0.05, 0) is 30.2 Å². The fraction of sp³-hybridized carbons (Fsp3) is 0.167. The number of fused-ring (bicyclic) bond motifs is 1. The van der Waals surface area contributed by atoms with Crippen LogP contribution in [-0.2, 0) is 26.0 Å². The summed E-state index contributed by atoms with van der Waals surface area (Å²) in [5, 5.41) is 5.07. The summed E-state index contributed by atoms with van der Waals surface area (Å²) in [6.07, 6.45) is 0.518. The summed E-state index contributed by atoms with van der Waals surface area (Å²) >= 11 is 0. The first kappa shape index (κ1) is 18.0. The van der Waals surface area contributed by atoms with Crippen molar-refractivity contribution in [3.8, 4) is 0 Å². The highest BCUT2D eigenvalue weighted by molar-refractivity contribution is 7.89. The highest BCUT2D eigenvalue weighted by Crippen LogP contribution is 2.29. The maximum absolute atomic E-state index is 12.5. The molecule has 2 amide bonds. The van der Waals surface area contributed by atoms with Gasteiger partial charge in [-0.25, -0.2) is 18.5 Å². The number of imide groups is 1. The van der Waals surface area contributed by atoms with E-state index in [-0.39, 0.29) is 16.5 Å². The number of amides is 2. The van der Waals surface area contributed by atoms with E-state index < -0.39 is 15.9 Å². The molecule has 0 aromatic heterocycles. The van der Waals surface area contributed by atoms with Gasteiger partial charge < -0.3 is 0 Å². The Balaban J connectivity index is 1.79. The zero-order valence-electron chi connectivity index (χ0n) is 14.0. The number of aliphatic imine (C=N–C) groups is 1. The van der Waals surface area contributed by atoms with Crippen LogP contribution in [-0.4, -0.2) is 32.5 Å². The van der Waals surface area contributed by atoms with Crippen LogP contribution in [0.3, 0.4) is 0 Å². The van der Waals surface area contributed by atoms with Gasteiger partial charge in [-0.15, -0.1) is 0 Å². The van der Waals surface area contributed by atoms with Crippen LogP contribution in [0.15, 0.2) is 58.4 Å². The fourth-order valence-corrected chi connectivity index (χ4v) is 3.32. The van der Waals surface area contributed by atoms with E-state index in [1.165, 1.54) is 19.1 Å². The number of nitrogens with zero attached hydrogens (tertiary/aromatic N) is 2. The van der Waals surface area contributed by atoms with E-state index in [0.29, 0.717) is 24.2 Å². The van der Waals surface area contributed by atoms with Crippen molar-refractivity contribution in [3.05, 3.63) is 59.7 Å². The van der Waals surface area contributed by atoms with Gasteiger partial charge in [0.05, 0.1) is 10.6 Å². The van der Waals surface area contributed by atoms with Crippen LogP contribution in [0.4, 0.5) is 5.69 Å². The summed E-state index contributed by atoms with van der Waals surface area (Å²) in [6, 6.07) is 13.2. The number of sulfonamides is 1. The number of primary sulfonamides is 1. The van der Waals surface area contributed by atoms with Gasteiger partial charge in [0, 0.05) is 19.0 Å². The van der Waals surface area contributed by atoms with Gasteiger partial charge in [-0.3, -0.25) is 14.6 Å². The summed E-state index contributed by atoms with van der Waals surface area (Å²) in [5.74, 6) is -0.783.